The molecule has 0 saturated carbocycles. The second-order valence-corrected chi connectivity index (χ2v) is 6.89. The zero-order chi connectivity index (χ0) is 16.5. The molecule has 2 aromatic carbocycles. The average molecular weight is 345 g/mol. The molecule has 9 heteroatoms. The van der Waals surface area contributed by atoms with Crippen molar-refractivity contribution in [2.75, 3.05) is 11.6 Å². The number of nitrogens with one attached hydrogen (secondary N) is 1. The van der Waals surface area contributed by atoms with Crippen LogP contribution < -0.4 is 5.32 Å². The number of anilines is 2. The molecule has 2 aromatic rings. The van der Waals surface area contributed by atoms with Gasteiger partial charge in [0.1, 0.15) is 11.5 Å². The fraction of sp³-hybridized carbons (Fsp3) is 0.0769. The molecule has 2 rings (SSSR count). The van der Waals surface area contributed by atoms with Crippen molar-refractivity contribution in [3.05, 3.63) is 57.4 Å². The van der Waals surface area contributed by atoms with Crippen molar-refractivity contribution in [2.45, 2.75) is 4.90 Å². The molecule has 6 nitrogen and oxygen atoms in total. The Hall–Kier alpha value is -2.19. The minimum atomic E-state index is -3.56. The molecule has 0 fully saturated rings. The molecule has 0 spiro atoms. The molecule has 0 bridgehead atoms. The van der Waals surface area contributed by atoms with E-state index in [9.17, 15) is 22.9 Å². The van der Waals surface area contributed by atoms with Gasteiger partial charge in [0.05, 0.1) is 14.8 Å². The van der Waals surface area contributed by atoms with Gasteiger partial charge in [-0.2, -0.15) is 0 Å². The lowest BCUT2D eigenvalue weighted by Crippen LogP contribution is -2.02. The molecule has 0 unspecified atom stereocenters. The monoisotopic (exact) mass is 344 g/mol. The fourth-order valence-corrected chi connectivity index (χ4v) is 2.55. The molecule has 116 valence electrons. The first-order chi connectivity index (χ1) is 10.2. The van der Waals surface area contributed by atoms with Crippen LogP contribution in [-0.2, 0) is 9.84 Å². The van der Waals surface area contributed by atoms with Crippen LogP contribution in [0.15, 0.2) is 41.3 Å². The third-order valence-electron chi connectivity index (χ3n) is 2.79. The highest BCUT2D eigenvalue weighted by Crippen LogP contribution is 2.31. The van der Waals surface area contributed by atoms with Gasteiger partial charge in [0, 0.05) is 18.0 Å². The lowest BCUT2D eigenvalue weighted by molar-refractivity contribution is -0.384. The highest BCUT2D eigenvalue weighted by Gasteiger charge is 2.19. The van der Waals surface area contributed by atoms with Gasteiger partial charge in [-0.3, -0.25) is 10.1 Å². The van der Waals surface area contributed by atoms with Crippen LogP contribution in [0.3, 0.4) is 0 Å². The molecule has 0 atom stereocenters. The van der Waals surface area contributed by atoms with Crippen LogP contribution >= 0.6 is 11.6 Å². The van der Waals surface area contributed by atoms with Crippen LogP contribution in [0.4, 0.5) is 21.5 Å². The van der Waals surface area contributed by atoms with E-state index in [0.717, 1.165) is 18.4 Å². The molecular weight excluding hydrogens is 335 g/mol. The summed E-state index contributed by atoms with van der Waals surface area (Å²) >= 11 is 5.64. The summed E-state index contributed by atoms with van der Waals surface area (Å²) in [5.41, 5.74) is -0.00921. The van der Waals surface area contributed by atoms with Crippen molar-refractivity contribution < 1.29 is 17.7 Å². The Bertz CT molecular complexity index is 855. The summed E-state index contributed by atoms with van der Waals surface area (Å²) in [7, 11) is -3.56. The van der Waals surface area contributed by atoms with Gasteiger partial charge >= 0.3 is 0 Å². The Morgan fingerprint density at radius 3 is 2.45 bits per heavy atom. The number of rotatable bonds is 4. The fourth-order valence-electron chi connectivity index (χ4n) is 1.73. The van der Waals surface area contributed by atoms with Gasteiger partial charge in [0.2, 0.25) is 0 Å². The largest absolute Gasteiger partial charge is 0.350 e. The average Bonchev–Trinajstić information content (AvgIpc) is 2.42. The first-order valence-electron chi connectivity index (χ1n) is 5.89. The van der Waals surface area contributed by atoms with Gasteiger partial charge in [-0.1, -0.05) is 11.6 Å². The van der Waals surface area contributed by atoms with Crippen molar-refractivity contribution in [2.24, 2.45) is 0 Å². The van der Waals surface area contributed by atoms with Gasteiger partial charge in [-0.15, -0.1) is 0 Å². The quantitative estimate of drug-likeness (QED) is 0.677. The Labute approximate surface area is 130 Å². The summed E-state index contributed by atoms with van der Waals surface area (Å²) in [6.07, 6.45) is 0.957. The van der Waals surface area contributed by atoms with E-state index in [1.54, 1.807) is 0 Å². The maximum absolute atomic E-state index is 13.1. The van der Waals surface area contributed by atoms with E-state index in [1.165, 1.54) is 24.3 Å². The number of benzene rings is 2. The lowest BCUT2D eigenvalue weighted by atomic mass is 10.2. The van der Waals surface area contributed by atoms with Gasteiger partial charge in [0.25, 0.3) is 5.69 Å². The van der Waals surface area contributed by atoms with Crippen molar-refractivity contribution in [3.8, 4) is 0 Å². The van der Waals surface area contributed by atoms with Crippen molar-refractivity contribution in [1.82, 2.24) is 0 Å². The van der Waals surface area contributed by atoms with Gasteiger partial charge in [-0.05, 0) is 30.3 Å². The Morgan fingerprint density at radius 1 is 1.23 bits per heavy atom. The highest BCUT2D eigenvalue weighted by molar-refractivity contribution is 7.90. The van der Waals surface area contributed by atoms with E-state index in [-0.39, 0.29) is 15.6 Å². The van der Waals surface area contributed by atoms with Crippen molar-refractivity contribution >= 4 is 38.5 Å². The van der Waals surface area contributed by atoms with E-state index in [1.807, 2.05) is 0 Å². The molecule has 0 saturated heterocycles. The van der Waals surface area contributed by atoms with E-state index >= 15 is 0 Å². The van der Waals surface area contributed by atoms with Crippen LogP contribution in [0.5, 0.6) is 0 Å². The van der Waals surface area contributed by atoms with E-state index < -0.39 is 26.3 Å². The first kappa shape index (κ1) is 16.2. The van der Waals surface area contributed by atoms with Crippen molar-refractivity contribution in [3.63, 3.8) is 0 Å². The van der Waals surface area contributed by atoms with E-state index in [0.29, 0.717) is 5.69 Å². The van der Waals surface area contributed by atoms with Gasteiger partial charge in [0.15, 0.2) is 9.84 Å². The second-order valence-electron chi connectivity index (χ2n) is 4.46. The maximum atomic E-state index is 13.1. The number of hydrogen-bond donors (Lipinski definition) is 1. The standard InChI is InChI=1S/C13H10ClFN2O4S/c1-22(20,21)9-3-5-12(13(7-9)17(18)19)16-8-2-4-11(15)10(14)6-8/h2-7,16H,1H3. The molecule has 0 heterocycles. The van der Waals surface area contributed by atoms with Crippen LogP contribution in [0, 0.1) is 15.9 Å². The van der Waals surface area contributed by atoms with Crippen molar-refractivity contribution in [1.29, 1.82) is 0 Å². The minimum absolute atomic E-state index is 0.0695. The van der Waals surface area contributed by atoms with Crippen LogP contribution in [0.25, 0.3) is 0 Å². The summed E-state index contributed by atoms with van der Waals surface area (Å²) < 4.78 is 36.0. The topological polar surface area (TPSA) is 89.3 Å². The van der Waals surface area contributed by atoms with E-state index in [4.69, 9.17) is 11.6 Å². The third kappa shape index (κ3) is 3.52. The Morgan fingerprint density at radius 2 is 1.91 bits per heavy atom. The summed E-state index contributed by atoms with van der Waals surface area (Å²) in [4.78, 5) is 10.2. The normalized spacial score (nSPS) is 11.2. The first-order valence-corrected chi connectivity index (χ1v) is 8.16. The number of halogens is 2. The molecule has 0 amide bonds. The Kier molecular flexibility index (Phi) is 4.34. The molecule has 0 aliphatic heterocycles. The SMILES string of the molecule is CS(=O)(=O)c1ccc(Nc2ccc(F)c(Cl)c2)c([N+](=O)[O-])c1. The van der Waals surface area contributed by atoms with Crippen LogP contribution in [0.1, 0.15) is 0 Å². The Balaban J connectivity index is 2.46. The van der Waals surface area contributed by atoms with Crippen LogP contribution in [0.2, 0.25) is 5.02 Å². The number of nitro benzene ring substituents is 1. The molecule has 0 aliphatic rings. The van der Waals surface area contributed by atoms with Gasteiger partial charge < -0.3 is 5.32 Å². The predicted molar refractivity (Wildman–Crippen MR) is 80.9 cm³/mol. The predicted octanol–water partition coefficient (Wildman–Crippen LogP) is 3.53. The summed E-state index contributed by atoms with van der Waals surface area (Å²) in [6, 6.07) is 7.21. The zero-order valence-corrected chi connectivity index (χ0v) is 12.8. The second kappa shape index (κ2) is 5.90. The maximum Gasteiger partial charge on any atom is 0.293 e. The molecule has 0 radical (unpaired) electrons. The third-order valence-corrected chi connectivity index (χ3v) is 4.19. The minimum Gasteiger partial charge on any atom is -0.350 e. The smallest absolute Gasteiger partial charge is 0.293 e. The summed E-state index contributed by atoms with van der Waals surface area (Å²) in [6.45, 7) is 0. The zero-order valence-electron chi connectivity index (χ0n) is 11.2. The number of hydrogen-bond acceptors (Lipinski definition) is 5. The number of nitro groups is 1. The molecule has 0 aliphatic carbocycles. The summed E-state index contributed by atoms with van der Waals surface area (Å²) in [5, 5.41) is 13.7. The molecular formula is C13H10ClFN2O4S. The highest BCUT2D eigenvalue weighted by atomic mass is 35.5. The van der Waals surface area contributed by atoms with Crippen LogP contribution in [-0.4, -0.2) is 19.6 Å². The molecule has 22 heavy (non-hydrogen) atoms. The van der Waals surface area contributed by atoms with Gasteiger partial charge in [-0.25, -0.2) is 12.8 Å². The molecule has 1 N–H and O–H groups in total. The number of nitrogens with zero attached hydrogens (tertiary/aromatic N) is 1. The van der Waals surface area contributed by atoms with E-state index in [2.05, 4.69) is 5.32 Å². The molecule has 0 aromatic heterocycles. The summed E-state index contributed by atoms with van der Waals surface area (Å²) in [5.74, 6) is -0.617. The lowest BCUT2D eigenvalue weighted by Gasteiger charge is -2.09. The number of sulfone groups is 1.